The molecule has 2 aromatic carbocycles. The van der Waals surface area contributed by atoms with E-state index in [2.05, 4.69) is 0 Å². The van der Waals surface area contributed by atoms with E-state index in [-0.39, 0.29) is 27.7 Å². The van der Waals surface area contributed by atoms with Crippen LogP contribution in [0.3, 0.4) is 0 Å². The molecular weight excluding hydrogens is 422 g/mol. The number of aliphatic hydroxyl groups is 1. The standard InChI is InChI=1S/C23H24ClNO6/c1-4-10-25-20(13-6-9-17(26)18(11-13)31-5-2)19(22(28)23(25)29)21(27)15-12-14(30-3)7-8-16(15)24/h6-9,11-12,20,26-27H,4-5,10H2,1-3H3/b21-19+. The number of ether oxygens (including phenoxy) is 2. The number of ketones is 1. The fraction of sp³-hybridized carbons (Fsp3) is 0.304. The second kappa shape index (κ2) is 9.31. The molecule has 0 bridgehead atoms. The summed E-state index contributed by atoms with van der Waals surface area (Å²) in [4.78, 5) is 27.2. The first kappa shape index (κ1) is 22.5. The molecule has 31 heavy (non-hydrogen) atoms. The molecule has 1 aliphatic rings. The first-order valence-electron chi connectivity index (χ1n) is 9.92. The van der Waals surface area contributed by atoms with Gasteiger partial charge < -0.3 is 24.6 Å². The quantitative estimate of drug-likeness (QED) is 0.375. The summed E-state index contributed by atoms with van der Waals surface area (Å²) >= 11 is 6.28. The Morgan fingerprint density at radius 2 is 1.90 bits per heavy atom. The number of carbonyl (C=O) groups is 2. The predicted molar refractivity (Wildman–Crippen MR) is 117 cm³/mol. The Kier molecular flexibility index (Phi) is 6.75. The molecule has 0 aromatic heterocycles. The van der Waals surface area contributed by atoms with E-state index in [0.29, 0.717) is 30.9 Å². The normalized spacial score (nSPS) is 17.8. The molecule has 164 valence electrons. The van der Waals surface area contributed by atoms with Crippen LogP contribution in [-0.2, 0) is 9.59 Å². The van der Waals surface area contributed by atoms with Crippen molar-refractivity contribution < 1.29 is 29.3 Å². The van der Waals surface area contributed by atoms with E-state index in [0.717, 1.165) is 0 Å². The molecule has 3 rings (SSSR count). The highest BCUT2D eigenvalue weighted by Crippen LogP contribution is 2.43. The van der Waals surface area contributed by atoms with Crippen molar-refractivity contribution in [2.45, 2.75) is 26.3 Å². The summed E-state index contributed by atoms with van der Waals surface area (Å²) in [5.74, 6) is -1.31. The number of phenols is 1. The highest BCUT2D eigenvalue weighted by atomic mass is 35.5. The molecule has 0 radical (unpaired) electrons. The average Bonchev–Trinajstić information content (AvgIpc) is 3.00. The fourth-order valence-electron chi connectivity index (χ4n) is 3.63. The Morgan fingerprint density at radius 1 is 1.16 bits per heavy atom. The van der Waals surface area contributed by atoms with Gasteiger partial charge in [-0.25, -0.2) is 0 Å². The van der Waals surface area contributed by atoms with Crippen molar-refractivity contribution in [2.75, 3.05) is 20.3 Å². The smallest absolute Gasteiger partial charge is 0.295 e. The van der Waals surface area contributed by atoms with Crippen LogP contribution in [0.2, 0.25) is 5.02 Å². The van der Waals surface area contributed by atoms with Crippen LogP contribution in [0.25, 0.3) is 5.76 Å². The van der Waals surface area contributed by atoms with Crippen LogP contribution in [0, 0.1) is 0 Å². The number of benzene rings is 2. The number of halogens is 1. The zero-order chi connectivity index (χ0) is 22.7. The number of nitrogens with zero attached hydrogens (tertiary/aromatic N) is 1. The molecule has 2 N–H and O–H groups in total. The summed E-state index contributed by atoms with van der Waals surface area (Å²) in [5.41, 5.74) is 0.625. The minimum Gasteiger partial charge on any atom is -0.507 e. The van der Waals surface area contributed by atoms with Gasteiger partial charge in [0.15, 0.2) is 11.5 Å². The maximum absolute atomic E-state index is 13.0. The predicted octanol–water partition coefficient (Wildman–Crippen LogP) is 4.28. The van der Waals surface area contributed by atoms with Gasteiger partial charge in [0.25, 0.3) is 11.7 Å². The Balaban J connectivity index is 2.24. The molecule has 8 heteroatoms. The minimum absolute atomic E-state index is 0.0612. The summed E-state index contributed by atoms with van der Waals surface area (Å²) in [6, 6.07) is 8.41. The third kappa shape index (κ3) is 4.18. The third-order valence-electron chi connectivity index (χ3n) is 5.03. The molecular formula is C23H24ClNO6. The van der Waals surface area contributed by atoms with Crippen molar-refractivity contribution in [3.8, 4) is 17.2 Å². The topological polar surface area (TPSA) is 96.3 Å². The van der Waals surface area contributed by atoms with E-state index in [9.17, 15) is 19.8 Å². The maximum Gasteiger partial charge on any atom is 0.295 e. The van der Waals surface area contributed by atoms with E-state index in [1.807, 2.05) is 6.92 Å². The zero-order valence-electron chi connectivity index (χ0n) is 17.5. The molecule has 0 aliphatic carbocycles. The van der Waals surface area contributed by atoms with Crippen LogP contribution in [0.4, 0.5) is 0 Å². The van der Waals surface area contributed by atoms with Gasteiger partial charge in [-0.1, -0.05) is 24.6 Å². The second-order valence-corrected chi connectivity index (χ2v) is 7.41. The van der Waals surface area contributed by atoms with Gasteiger partial charge in [0.1, 0.15) is 11.5 Å². The number of aliphatic hydroxyl groups excluding tert-OH is 1. The summed E-state index contributed by atoms with van der Waals surface area (Å²) in [6.45, 7) is 4.30. The van der Waals surface area contributed by atoms with E-state index in [4.69, 9.17) is 21.1 Å². The molecule has 0 saturated carbocycles. The summed E-state index contributed by atoms with van der Waals surface area (Å²) in [5, 5.41) is 21.4. The monoisotopic (exact) mass is 445 g/mol. The lowest BCUT2D eigenvalue weighted by Crippen LogP contribution is -2.30. The number of methoxy groups -OCH3 is 1. The molecule has 1 saturated heterocycles. The van der Waals surface area contributed by atoms with Gasteiger partial charge in [0.05, 0.1) is 30.4 Å². The minimum atomic E-state index is -0.859. The van der Waals surface area contributed by atoms with Crippen LogP contribution in [-0.4, -0.2) is 47.1 Å². The van der Waals surface area contributed by atoms with Crippen molar-refractivity contribution in [3.05, 3.63) is 58.1 Å². The lowest BCUT2D eigenvalue weighted by molar-refractivity contribution is -0.139. The van der Waals surface area contributed by atoms with Crippen LogP contribution >= 0.6 is 11.6 Å². The van der Waals surface area contributed by atoms with Crippen molar-refractivity contribution in [1.29, 1.82) is 0 Å². The van der Waals surface area contributed by atoms with Gasteiger partial charge in [0, 0.05) is 12.1 Å². The number of rotatable bonds is 7. The molecule has 0 spiro atoms. The highest BCUT2D eigenvalue weighted by molar-refractivity contribution is 6.47. The number of hydrogen-bond acceptors (Lipinski definition) is 6. The van der Waals surface area contributed by atoms with Gasteiger partial charge in [-0.2, -0.15) is 0 Å². The lowest BCUT2D eigenvalue weighted by Gasteiger charge is -2.25. The number of amides is 1. The molecule has 1 atom stereocenters. The summed E-state index contributed by atoms with van der Waals surface area (Å²) < 4.78 is 10.7. The Bertz CT molecular complexity index is 1050. The van der Waals surface area contributed by atoms with Crippen molar-refractivity contribution >= 4 is 29.1 Å². The van der Waals surface area contributed by atoms with Gasteiger partial charge in [-0.05, 0) is 49.2 Å². The number of likely N-dealkylation sites (tertiary alicyclic amines) is 1. The second-order valence-electron chi connectivity index (χ2n) is 7.00. The molecule has 2 aromatic rings. The Morgan fingerprint density at radius 3 is 2.55 bits per heavy atom. The number of aromatic hydroxyl groups is 1. The van der Waals surface area contributed by atoms with Gasteiger partial charge >= 0.3 is 0 Å². The largest absolute Gasteiger partial charge is 0.507 e. The molecule has 1 aliphatic heterocycles. The van der Waals surface area contributed by atoms with E-state index < -0.39 is 23.5 Å². The maximum atomic E-state index is 13.0. The Hall–Kier alpha value is -3.19. The van der Waals surface area contributed by atoms with Crippen molar-refractivity contribution in [2.24, 2.45) is 0 Å². The number of phenolic OH excluding ortho intramolecular Hbond substituents is 1. The number of carbonyl (C=O) groups excluding carboxylic acids is 2. The van der Waals surface area contributed by atoms with Gasteiger partial charge in [-0.15, -0.1) is 0 Å². The van der Waals surface area contributed by atoms with Crippen molar-refractivity contribution in [3.63, 3.8) is 0 Å². The van der Waals surface area contributed by atoms with Gasteiger partial charge in [-0.3, -0.25) is 9.59 Å². The van der Waals surface area contributed by atoms with E-state index in [1.54, 1.807) is 31.2 Å². The highest BCUT2D eigenvalue weighted by Gasteiger charge is 2.46. The molecule has 1 unspecified atom stereocenters. The molecule has 1 amide bonds. The average molecular weight is 446 g/mol. The van der Waals surface area contributed by atoms with Crippen LogP contribution in [0.1, 0.15) is 37.4 Å². The summed E-state index contributed by atoms with van der Waals surface area (Å²) in [7, 11) is 1.47. The van der Waals surface area contributed by atoms with E-state index >= 15 is 0 Å². The molecule has 1 fully saturated rings. The molecule has 7 nitrogen and oxygen atoms in total. The van der Waals surface area contributed by atoms with Crippen LogP contribution < -0.4 is 9.47 Å². The Labute approximate surface area is 185 Å². The van der Waals surface area contributed by atoms with Crippen LogP contribution in [0.15, 0.2) is 42.0 Å². The lowest BCUT2D eigenvalue weighted by atomic mass is 9.94. The first-order chi connectivity index (χ1) is 14.8. The third-order valence-corrected chi connectivity index (χ3v) is 5.36. The number of Topliss-reactive ketones (excluding diaryl/α,β-unsaturated/α-hetero) is 1. The van der Waals surface area contributed by atoms with E-state index in [1.165, 1.54) is 24.1 Å². The zero-order valence-corrected chi connectivity index (χ0v) is 18.3. The van der Waals surface area contributed by atoms with Crippen molar-refractivity contribution in [1.82, 2.24) is 4.90 Å². The summed E-state index contributed by atoms with van der Waals surface area (Å²) in [6.07, 6.45) is 0.611. The SMILES string of the molecule is CCCN1C(=O)C(=O)/C(=C(/O)c2cc(OC)ccc2Cl)C1c1ccc(O)c(OCC)c1. The van der Waals surface area contributed by atoms with Crippen LogP contribution in [0.5, 0.6) is 17.2 Å². The fourth-order valence-corrected chi connectivity index (χ4v) is 3.83. The molecule has 1 heterocycles. The number of hydrogen-bond donors (Lipinski definition) is 2. The first-order valence-corrected chi connectivity index (χ1v) is 10.3. The van der Waals surface area contributed by atoms with Gasteiger partial charge in [0.2, 0.25) is 0 Å².